The number of imidazole rings is 2. The number of halogens is 2. The van der Waals surface area contributed by atoms with Gasteiger partial charge in [-0.05, 0) is 29.8 Å². The zero-order valence-electron chi connectivity index (χ0n) is 11.7. The Balaban J connectivity index is 2.01. The van der Waals surface area contributed by atoms with Crippen LogP contribution in [0.25, 0.3) is 28.1 Å². The molecular weight excluding hydrogens is 362 g/mol. The third-order valence-electron chi connectivity index (χ3n) is 3.81. The van der Waals surface area contributed by atoms with Crippen LogP contribution in [0.2, 0.25) is 0 Å². The summed E-state index contributed by atoms with van der Waals surface area (Å²) in [5, 5.41) is 0. The minimum absolute atomic E-state index is 0.553. The summed E-state index contributed by atoms with van der Waals surface area (Å²) < 4.78 is 5.39. The highest BCUT2D eigenvalue weighted by Gasteiger charge is 2.14. The van der Waals surface area contributed by atoms with E-state index in [2.05, 4.69) is 49.3 Å². The van der Waals surface area contributed by atoms with E-state index in [1.165, 1.54) is 0 Å². The zero-order valence-corrected chi connectivity index (χ0v) is 14.0. The molecule has 0 bridgehead atoms. The molecule has 2 aromatic carbocycles. The van der Waals surface area contributed by atoms with Crippen molar-refractivity contribution < 1.29 is 0 Å². The Kier molecular flexibility index (Phi) is 3.43. The third-order valence-corrected chi connectivity index (χ3v) is 4.51. The number of rotatable bonds is 3. The number of benzene rings is 2. The molecule has 0 amide bonds. The number of hydrogen-bond acceptors (Lipinski definition) is 1. The van der Waals surface area contributed by atoms with Gasteiger partial charge < -0.3 is 4.57 Å². The number of aromatic nitrogens is 3. The summed E-state index contributed by atoms with van der Waals surface area (Å²) in [5.41, 5.74) is 4.40. The lowest BCUT2D eigenvalue weighted by atomic mass is 10.2. The van der Waals surface area contributed by atoms with E-state index in [9.17, 15) is 0 Å². The van der Waals surface area contributed by atoms with Crippen LogP contribution in [0.3, 0.4) is 0 Å². The lowest BCUT2D eigenvalue weighted by molar-refractivity contribution is 0.796. The highest BCUT2D eigenvalue weighted by Crippen LogP contribution is 2.27. The Labute approximate surface area is 141 Å². The van der Waals surface area contributed by atoms with Crippen LogP contribution >= 0.6 is 27.5 Å². The van der Waals surface area contributed by atoms with Gasteiger partial charge in [-0.15, -0.1) is 11.6 Å². The molecule has 0 aliphatic heterocycles. The first-order chi connectivity index (χ1) is 10.8. The van der Waals surface area contributed by atoms with E-state index >= 15 is 0 Å². The van der Waals surface area contributed by atoms with E-state index in [-0.39, 0.29) is 0 Å². The smallest absolute Gasteiger partial charge is 0.215 e. The lowest BCUT2D eigenvalue weighted by Gasteiger charge is -2.06. The fourth-order valence-electron chi connectivity index (χ4n) is 2.81. The quantitative estimate of drug-likeness (QED) is 0.465. The maximum atomic E-state index is 6.01. The van der Waals surface area contributed by atoms with Crippen LogP contribution in [0.4, 0.5) is 0 Å². The molecule has 22 heavy (non-hydrogen) atoms. The molecule has 5 heteroatoms. The third kappa shape index (κ3) is 2.14. The van der Waals surface area contributed by atoms with Gasteiger partial charge in [-0.1, -0.05) is 40.2 Å². The Morgan fingerprint density at radius 2 is 1.82 bits per heavy atom. The van der Waals surface area contributed by atoms with E-state index in [0.29, 0.717) is 5.88 Å². The molecular formula is C17H13BrClN3. The zero-order chi connectivity index (χ0) is 15.1. The molecule has 4 aromatic rings. The molecule has 0 saturated heterocycles. The molecule has 0 N–H and O–H groups in total. The largest absolute Gasteiger partial charge is 0.308 e. The maximum Gasteiger partial charge on any atom is 0.215 e. The fraction of sp³-hybridized carbons (Fsp3) is 0.118. The molecule has 110 valence electrons. The van der Waals surface area contributed by atoms with E-state index in [1.54, 1.807) is 0 Å². The van der Waals surface area contributed by atoms with Gasteiger partial charge in [0.1, 0.15) is 0 Å². The van der Waals surface area contributed by atoms with Crippen LogP contribution in [0.15, 0.2) is 59.2 Å². The van der Waals surface area contributed by atoms with Gasteiger partial charge in [-0.2, -0.15) is 0 Å². The molecule has 0 saturated carbocycles. The Morgan fingerprint density at radius 1 is 1.05 bits per heavy atom. The van der Waals surface area contributed by atoms with Crippen LogP contribution in [0, 0.1) is 0 Å². The van der Waals surface area contributed by atoms with Crippen molar-refractivity contribution in [2.75, 3.05) is 5.88 Å². The van der Waals surface area contributed by atoms with Gasteiger partial charge in [0.15, 0.2) is 0 Å². The van der Waals surface area contributed by atoms with Gasteiger partial charge >= 0.3 is 0 Å². The molecule has 0 spiro atoms. The van der Waals surface area contributed by atoms with Gasteiger partial charge in [0.25, 0.3) is 0 Å². The van der Waals surface area contributed by atoms with Crippen LogP contribution in [0.5, 0.6) is 0 Å². The van der Waals surface area contributed by atoms with Gasteiger partial charge in [-0.25, -0.2) is 4.98 Å². The number of nitrogens with zero attached hydrogens (tertiary/aromatic N) is 3. The van der Waals surface area contributed by atoms with Crippen molar-refractivity contribution >= 4 is 44.3 Å². The average molecular weight is 375 g/mol. The molecule has 0 aliphatic carbocycles. The van der Waals surface area contributed by atoms with Crippen LogP contribution in [0.1, 0.15) is 0 Å². The summed E-state index contributed by atoms with van der Waals surface area (Å²) in [6, 6.07) is 16.5. The Bertz CT molecular complexity index is 953. The predicted octanol–water partition coefficient (Wildman–Crippen LogP) is 4.96. The van der Waals surface area contributed by atoms with Gasteiger partial charge in [0, 0.05) is 23.1 Å². The van der Waals surface area contributed by atoms with E-state index in [4.69, 9.17) is 16.6 Å². The van der Waals surface area contributed by atoms with E-state index < -0.39 is 0 Å². The van der Waals surface area contributed by atoms with Crippen molar-refractivity contribution in [3.63, 3.8) is 0 Å². The van der Waals surface area contributed by atoms with Crippen LogP contribution in [-0.2, 0) is 6.54 Å². The summed E-state index contributed by atoms with van der Waals surface area (Å²) >= 11 is 9.49. The summed E-state index contributed by atoms with van der Waals surface area (Å²) in [7, 11) is 0. The second kappa shape index (κ2) is 5.45. The Hall–Kier alpha value is -1.78. The predicted molar refractivity (Wildman–Crippen MR) is 94.5 cm³/mol. The van der Waals surface area contributed by atoms with Crippen molar-refractivity contribution in [2.45, 2.75) is 6.54 Å². The average Bonchev–Trinajstić information content (AvgIpc) is 3.06. The highest BCUT2D eigenvalue weighted by molar-refractivity contribution is 9.10. The second-order valence-corrected chi connectivity index (χ2v) is 6.43. The molecule has 0 unspecified atom stereocenters. The first-order valence-electron chi connectivity index (χ1n) is 7.06. The van der Waals surface area contributed by atoms with Crippen molar-refractivity contribution in [3.8, 4) is 11.3 Å². The molecule has 0 atom stereocenters. The number of fused-ring (bicyclic) bond motifs is 3. The van der Waals surface area contributed by atoms with Crippen LogP contribution in [-0.4, -0.2) is 19.8 Å². The molecule has 2 aromatic heterocycles. The maximum absolute atomic E-state index is 6.01. The topological polar surface area (TPSA) is 22.2 Å². The summed E-state index contributed by atoms with van der Waals surface area (Å²) in [5.74, 6) is 1.48. The Morgan fingerprint density at radius 3 is 2.59 bits per heavy atom. The summed E-state index contributed by atoms with van der Waals surface area (Å²) in [6.07, 6.45) is 2.14. The fourth-order valence-corrected chi connectivity index (χ4v) is 3.24. The molecule has 0 fully saturated rings. The number of alkyl halides is 1. The standard InChI is InChI=1S/C17H13BrClN3/c18-13-7-5-12(6-8-13)16-11-22-15-4-2-1-3-14(15)20-17(22)21(16)10-9-19/h1-8,11H,9-10H2. The van der Waals surface area contributed by atoms with Gasteiger partial charge in [0.2, 0.25) is 5.78 Å². The van der Waals surface area contributed by atoms with E-state index in [1.807, 2.05) is 30.3 Å². The lowest BCUT2D eigenvalue weighted by Crippen LogP contribution is -2.02. The number of para-hydroxylation sites is 2. The monoisotopic (exact) mass is 373 g/mol. The van der Waals surface area contributed by atoms with Crippen molar-refractivity contribution in [1.29, 1.82) is 0 Å². The van der Waals surface area contributed by atoms with Gasteiger partial charge in [-0.3, -0.25) is 4.40 Å². The number of hydrogen-bond donors (Lipinski definition) is 0. The molecule has 0 radical (unpaired) electrons. The minimum atomic E-state index is 0.553. The number of aryl methyl sites for hydroxylation is 1. The molecule has 2 heterocycles. The van der Waals surface area contributed by atoms with Crippen molar-refractivity contribution in [2.24, 2.45) is 0 Å². The van der Waals surface area contributed by atoms with Gasteiger partial charge in [0.05, 0.1) is 16.7 Å². The van der Waals surface area contributed by atoms with Crippen molar-refractivity contribution in [1.82, 2.24) is 14.0 Å². The normalized spacial score (nSPS) is 11.5. The molecule has 4 rings (SSSR count). The first kappa shape index (κ1) is 13.9. The highest BCUT2D eigenvalue weighted by atomic mass is 79.9. The van der Waals surface area contributed by atoms with E-state index in [0.717, 1.165) is 39.1 Å². The second-order valence-electron chi connectivity index (χ2n) is 5.13. The summed E-state index contributed by atoms with van der Waals surface area (Å²) in [6.45, 7) is 0.729. The molecule has 3 nitrogen and oxygen atoms in total. The van der Waals surface area contributed by atoms with Crippen LogP contribution < -0.4 is 0 Å². The summed E-state index contributed by atoms with van der Waals surface area (Å²) in [4.78, 5) is 4.76. The first-order valence-corrected chi connectivity index (χ1v) is 8.39. The van der Waals surface area contributed by atoms with Crippen molar-refractivity contribution in [3.05, 3.63) is 59.2 Å². The molecule has 0 aliphatic rings. The minimum Gasteiger partial charge on any atom is -0.308 e. The SMILES string of the molecule is ClCCn1c(-c2ccc(Br)cc2)cn2c3ccccc3nc12.